The SMILES string of the molecule is Cc1ccc(CCN(C[C@H]2CCCO2)C(=O)c2cc(C)no2)cc1. The molecular weight excluding hydrogens is 304 g/mol. The second kappa shape index (κ2) is 7.62. The maximum Gasteiger partial charge on any atom is 0.292 e. The van der Waals surface area contributed by atoms with E-state index in [1.807, 2.05) is 11.8 Å². The van der Waals surface area contributed by atoms with E-state index >= 15 is 0 Å². The molecule has 24 heavy (non-hydrogen) atoms. The Morgan fingerprint density at radius 2 is 2.08 bits per heavy atom. The molecule has 3 rings (SSSR count). The van der Waals surface area contributed by atoms with Crippen LogP contribution in [0.5, 0.6) is 0 Å². The topological polar surface area (TPSA) is 55.6 Å². The molecule has 1 amide bonds. The van der Waals surface area contributed by atoms with Crippen LogP contribution in [0.4, 0.5) is 0 Å². The summed E-state index contributed by atoms with van der Waals surface area (Å²) in [5, 5.41) is 3.83. The van der Waals surface area contributed by atoms with Gasteiger partial charge in [0.15, 0.2) is 0 Å². The van der Waals surface area contributed by atoms with Crippen molar-refractivity contribution < 1.29 is 14.1 Å². The van der Waals surface area contributed by atoms with E-state index in [0.29, 0.717) is 24.5 Å². The molecule has 0 radical (unpaired) electrons. The van der Waals surface area contributed by atoms with Gasteiger partial charge in [-0.3, -0.25) is 4.79 Å². The molecule has 5 nitrogen and oxygen atoms in total. The third-order valence-electron chi connectivity index (χ3n) is 4.36. The summed E-state index contributed by atoms with van der Waals surface area (Å²) in [5.41, 5.74) is 3.18. The van der Waals surface area contributed by atoms with Gasteiger partial charge in [-0.1, -0.05) is 35.0 Å². The molecule has 128 valence electrons. The average molecular weight is 328 g/mol. The van der Waals surface area contributed by atoms with Crippen LogP contribution in [-0.2, 0) is 11.2 Å². The molecule has 1 aliphatic rings. The maximum atomic E-state index is 12.8. The van der Waals surface area contributed by atoms with Crippen molar-refractivity contribution in [3.8, 4) is 0 Å². The monoisotopic (exact) mass is 328 g/mol. The fourth-order valence-corrected chi connectivity index (χ4v) is 2.95. The van der Waals surface area contributed by atoms with E-state index in [9.17, 15) is 4.79 Å². The lowest BCUT2D eigenvalue weighted by Crippen LogP contribution is -2.38. The Labute approximate surface area is 142 Å². The van der Waals surface area contributed by atoms with Gasteiger partial charge in [0.2, 0.25) is 5.76 Å². The summed E-state index contributed by atoms with van der Waals surface area (Å²) >= 11 is 0. The van der Waals surface area contributed by atoms with Gasteiger partial charge in [-0.15, -0.1) is 0 Å². The third kappa shape index (κ3) is 4.23. The predicted molar refractivity (Wildman–Crippen MR) is 91.0 cm³/mol. The molecule has 1 saturated heterocycles. The summed E-state index contributed by atoms with van der Waals surface area (Å²) in [4.78, 5) is 14.6. The lowest BCUT2D eigenvalue weighted by molar-refractivity contribution is 0.0498. The van der Waals surface area contributed by atoms with Gasteiger partial charge in [0, 0.05) is 25.8 Å². The number of rotatable bonds is 6. The summed E-state index contributed by atoms with van der Waals surface area (Å²) in [6.07, 6.45) is 3.00. The molecule has 1 aromatic carbocycles. The minimum atomic E-state index is -0.113. The molecule has 0 N–H and O–H groups in total. The van der Waals surface area contributed by atoms with Crippen molar-refractivity contribution in [2.24, 2.45) is 0 Å². The molecule has 1 aliphatic heterocycles. The molecule has 0 aliphatic carbocycles. The van der Waals surface area contributed by atoms with Gasteiger partial charge in [0.05, 0.1) is 11.8 Å². The van der Waals surface area contributed by atoms with Crippen LogP contribution < -0.4 is 0 Å². The molecule has 2 aromatic rings. The summed E-state index contributed by atoms with van der Waals surface area (Å²) in [5.74, 6) is 0.188. The lowest BCUT2D eigenvalue weighted by atomic mass is 10.1. The zero-order chi connectivity index (χ0) is 16.9. The van der Waals surface area contributed by atoms with E-state index in [-0.39, 0.29) is 12.0 Å². The number of ether oxygens (including phenoxy) is 1. The van der Waals surface area contributed by atoms with Crippen molar-refractivity contribution >= 4 is 5.91 Å². The van der Waals surface area contributed by atoms with Crippen molar-refractivity contribution in [3.05, 3.63) is 52.9 Å². The number of carbonyl (C=O) groups is 1. The summed E-state index contributed by atoms with van der Waals surface area (Å²) < 4.78 is 10.9. The highest BCUT2D eigenvalue weighted by atomic mass is 16.5. The second-order valence-corrected chi connectivity index (χ2v) is 6.45. The molecule has 0 unspecified atom stereocenters. The largest absolute Gasteiger partial charge is 0.376 e. The molecule has 0 bridgehead atoms. The summed E-state index contributed by atoms with van der Waals surface area (Å²) in [6.45, 7) is 5.91. The van der Waals surface area contributed by atoms with Crippen LogP contribution in [0.1, 0.15) is 40.2 Å². The van der Waals surface area contributed by atoms with Crippen molar-refractivity contribution in [2.75, 3.05) is 19.7 Å². The Kier molecular flexibility index (Phi) is 5.30. The molecule has 5 heteroatoms. The number of hydrogen-bond acceptors (Lipinski definition) is 4. The van der Waals surface area contributed by atoms with Crippen LogP contribution >= 0.6 is 0 Å². The van der Waals surface area contributed by atoms with Crippen LogP contribution in [0.3, 0.4) is 0 Å². The summed E-state index contributed by atoms with van der Waals surface area (Å²) in [6, 6.07) is 10.1. The van der Waals surface area contributed by atoms with Gasteiger partial charge in [0.1, 0.15) is 0 Å². The van der Waals surface area contributed by atoms with Crippen LogP contribution in [-0.4, -0.2) is 41.8 Å². The molecule has 1 aromatic heterocycles. The number of nitrogens with zero attached hydrogens (tertiary/aromatic N) is 2. The van der Waals surface area contributed by atoms with Crippen molar-refractivity contribution in [2.45, 2.75) is 39.2 Å². The number of benzene rings is 1. The number of hydrogen-bond donors (Lipinski definition) is 0. The van der Waals surface area contributed by atoms with Crippen LogP contribution in [0.2, 0.25) is 0 Å². The Morgan fingerprint density at radius 1 is 1.29 bits per heavy atom. The fraction of sp³-hybridized carbons (Fsp3) is 0.474. The lowest BCUT2D eigenvalue weighted by Gasteiger charge is -2.24. The Morgan fingerprint density at radius 3 is 2.71 bits per heavy atom. The van der Waals surface area contributed by atoms with E-state index < -0.39 is 0 Å². The highest BCUT2D eigenvalue weighted by molar-refractivity contribution is 5.91. The van der Waals surface area contributed by atoms with Gasteiger partial charge in [-0.2, -0.15) is 0 Å². The van der Waals surface area contributed by atoms with E-state index in [0.717, 1.165) is 25.9 Å². The number of aryl methyl sites for hydroxylation is 2. The standard InChI is InChI=1S/C19H24N2O3/c1-14-5-7-16(8-6-14)9-10-21(13-17-4-3-11-23-17)19(22)18-12-15(2)20-24-18/h5-8,12,17H,3-4,9-11,13H2,1-2H3/t17-/m1/s1. The highest BCUT2D eigenvalue weighted by Gasteiger charge is 2.25. The van der Waals surface area contributed by atoms with Gasteiger partial charge in [-0.05, 0) is 38.7 Å². The average Bonchev–Trinajstić information content (AvgIpc) is 3.24. The van der Waals surface area contributed by atoms with Crippen molar-refractivity contribution in [1.29, 1.82) is 0 Å². The highest BCUT2D eigenvalue weighted by Crippen LogP contribution is 2.16. The molecule has 0 spiro atoms. The van der Waals surface area contributed by atoms with Crippen molar-refractivity contribution in [3.63, 3.8) is 0 Å². The Hall–Kier alpha value is -2.14. The fourth-order valence-electron chi connectivity index (χ4n) is 2.95. The first kappa shape index (κ1) is 16.7. The van der Waals surface area contributed by atoms with Gasteiger partial charge >= 0.3 is 0 Å². The molecule has 2 heterocycles. The van der Waals surface area contributed by atoms with Crippen LogP contribution in [0, 0.1) is 13.8 Å². The quantitative estimate of drug-likeness (QED) is 0.817. The smallest absolute Gasteiger partial charge is 0.292 e. The second-order valence-electron chi connectivity index (χ2n) is 6.45. The van der Waals surface area contributed by atoms with E-state index in [1.165, 1.54) is 11.1 Å². The Balaban J connectivity index is 1.68. The minimum absolute atomic E-state index is 0.113. The van der Waals surface area contributed by atoms with Gasteiger partial charge < -0.3 is 14.2 Å². The predicted octanol–water partition coefficient (Wildman–Crippen LogP) is 3.16. The first-order valence-corrected chi connectivity index (χ1v) is 8.51. The van der Waals surface area contributed by atoms with Crippen LogP contribution in [0.15, 0.2) is 34.9 Å². The minimum Gasteiger partial charge on any atom is -0.376 e. The molecule has 1 fully saturated rings. The maximum absolute atomic E-state index is 12.8. The zero-order valence-electron chi connectivity index (χ0n) is 14.3. The zero-order valence-corrected chi connectivity index (χ0v) is 14.3. The molecular formula is C19H24N2O3. The first-order chi connectivity index (χ1) is 11.6. The summed E-state index contributed by atoms with van der Waals surface area (Å²) in [7, 11) is 0. The third-order valence-corrected chi connectivity index (χ3v) is 4.36. The first-order valence-electron chi connectivity index (χ1n) is 8.51. The Bertz CT molecular complexity index is 672. The van der Waals surface area contributed by atoms with Crippen LogP contribution in [0.25, 0.3) is 0 Å². The van der Waals surface area contributed by atoms with E-state index in [4.69, 9.17) is 9.26 Å². The molecule has 0 saturated carbocycles. The molecule has 1 atom stereocenters. The number of aromatic nitrogens is 1. The van der Waals surface area contributed by atoms with Gasteiger partial charge in [-0.25, -0.2) is 0 Å². The van der Waals surface area contributed by atoms with Crippen molar-refractivity contribution in [1.82, 2.24) is 10.1 Å². The normalized spacial score (nSPS) is 17.2. The van der Waals surface area contributed by atoms with Gasteiger partial charge in [0.25, 0.3) is 5.91 Å². The van der Waals surface area contributed by atoms with E-state index in [1.54, 1.807) is 6.07 Å². The van der Waals surface area contributed by atoms with E-state index in [2.05, 4.69) is 36.3 Å². The number of carbonyl (C=O) groups excluding carboxylic acids is 1. The number of amides is 1.